The van der Waals surface area contributed by atoms with Crippen LogP contribution in [0.1, 0.15) is 5.76 Å². The van der Waals surface area contributed by atoms with Gasteiger partial charge >= 0.3 is 12.7 Å². The fourth-order valence-corrected chi connectivity index (χ4v) is 3.90. The van der Waals surface area contributed by atoms with Crippen molar-refractivity contribution in [2.24, 2.45) is 0 Å². The maximum Gasteiger partial charge on any atom is 0.573 e. The molecule has 1 aromatic heterocycles. The number of thioether (sulfide) groups is 1. The molecular formula is C22H12F6N2O4S. The maximum absolute atomic E-state index is 12.8. The van der Waals surface area contributed by atoms with Crippen LogP contribution >= 0.6 is 11.8 Å². The van der Waals surface area contributed by atoms with Gasteiger partial charge in [-0.2, -0.15) is 0 Å². The summed E-state index contributed by atoms with van der Waals surface area (Å²) >= 11 is 0.824. The molecule has 0 spiro atoms. The fourth-order valence-electron chi connectivity index (χ4n) is 3.05. The second-order valence-electron chi connectivity index (χ2n) is 6.87. The highest BCUT2D eigenvalue weighted by Gasteiger charge is 2.35. The predicted molar refractivity (Wildman–Crippen MR) is 115 cm³/mol. The second-order valence-corrected chi connectivity index (χ2v) is 7.90. The Balaban J connectivity index is 1.48. The van der Waals surface area contributed by atoms with Gasteiger partial charge in [0.2, 0.25) is 0 Å². The van der Waals surface area contributed by atoms with Crippen LogP contribution in [0.2, 0.25) is 0 Å². The Hall–Kier alpha value is -3.87. The van der Waals surface area contributed by atoms with Gasteiger partial charge in [-0.15, -0.1) is 26.3 Å². The number of halogens is 6. The third kappa shape index (κ3) is 5.98. The van der Waals surface area contributed by atoms with Crippen LogP contribution in [-0.2, 0) is 4.79 Å². The fraction of sp³-hybridized carbons (Fsp3) is 0.0909. The van der Waals surface area contributed by atoms with Crippen LogP contribution in [0.3, 0.4) is 0 Å². The summed E-state index contributed by atoms with van der Waals surface area (Å²) in [5, 5.41) is 7.91. The molecule has 6 nitrogen and oxygen atoms in total. The number of anilines is 1. The lowest BCUT2D eigenvalue weighted by Crippen LogP contribution is -2.28. The third-order valence-electron chi connectivity index (χ3n) is 4.42. The van der Waals surface area contributed by atoms with Crippen LogP contribution in [0.15, 0.2) is 70.0 Å². The first-order valence-electron chi connectivity index (χ1n) is 9.52. The van der Waals surface area contributed by atoms with Crippen molar-refractivity contribution in [1.82, 2.24) is 0 Å². The number of carbonyl (C=O) groups is 1. The molecule has 0 bridgehead atoms. The molecule has 13 heteroatoms. The molecule has 0 radical (unpaired) electrons. The number of rotatable bonds is 5. The van der Waals surface area contributed by atoms with E-state index < -0.39 is 24.4 Å². The molecule has 0 saturated carbocycles. The molecule has 0 unspecified atom stereocenters. The quantitative estimate of drug-likeness (QED) is 0.299. The van der Waals surface area contributed by atoms with Crippen molar-refractivity contribution in [3.05, 3.63) is 71.3 Å². The van der Waals surface area contributed by atoms with Crippen molar-refractivity contribution in [2.75, 3.05) is 4.90 Å². The zero-order chi connectivity index (χ0) is 25.4. The first kappa shape index (κ1) is 24.3. The predicted octanol–water partition coefficient (Wildman–Crippen LogP) is 6.80. The molecule has 1 fully saturated rings. The molecule has 1 aliphatic rings. The molecule has 2 aromatic carbocycles. The number of hydrogen-bond donors (Lipinski definition) is 1. The van der Waals surface area contributed by atoms with E-state index in [4.69, 9.17) is 9.83 Å². The average Bonchev–Trinajstić information content (AvgIpc) is 3.32. The van der Waals surface area contributed by atoms with E-state index >= 15 is 0 Å². The van der Waals surface area contributed by atoms with Crippen molar-refractivity contribution in [2.45, 2.75) is 12.7 Å². The van der Waals surface area contributed by atoms with E-state index in [2.05, 4.69) is 9.47 Å². The van der Waals surface area contributed by atoms with Crippen LogP contribution in [0, 0.1) is 5.41 Å². The number of nitrogens with one attached hydrogen (secondary N) is 1. The maximum atomic E-state index is 12.8. The van der Waals surface area contributed by atoms with Gasteiger partial charge in [-0.1, -0.05) is 0 Å². The summed E-state index contributed by atoms with van der Waals surface area (Å²) in [6.07, 6.45) is -8.28. The minimum Gasteiger partial charge on any atom is -0.457 e. The van der Waals surface area contributed by atoms with Crippen LogP contribution < -0.4 is 14.4 Å². The molecule has 0 aliphatic carbocycles. The molecule has 1 amide bonds. The molecule has 0 atom stereocenters. The number of benzene rings is 2. The van der Waals surface area contributed by atoms with E-state index in [1.54, 1.807) is 6.07 Å². The number of furan rings is 1. The standard InChI is InChI=1S/C22H12F6N2O4S/c23-21(24,25)33-14-5-1-12(2-6-14)17-10-9-16(32-17)11-18-19(31)30(20(29)35-18)13-3-7-15(8-4-13)34-22(26,27)28/h1-11,29H. The molecule has 1 aliphatic heterocycles. The minimum absolute atomic E-state index is 0.125. The first-order valence-corrected chi connectivity index (χ1v) is 10.3. The van der Waals surface area contributed by atoms with Gasteiger partial charge in [0.05, 0.1) is 10.6 Å². The zero-order valence-electron chi connectivity index (χ0n) is 17.1. The number of amides is 1. The summed E-state index contributed by atoms with van der Waals surface area (Å²) in [6, 6.07) is 12.6. The largest absolute Gasteiger partial charge is 0.573 e. The number of ether oxygens (including phenoxy) is 2. The van der Waals surface area contributed by atoms with Gasteiger partial charge < -0.3 is 13.9 Å². The third-order valence-corrected chi connectivity index (χ3v) is 5.31. The number of nitrogens with zero attached hydrogens (tertiary/aromatic N) is 1. The van der Waals surface area contributed by atoms with Crippen molar-refractivity contribution < 1.29 is 45.0 Å². The molecule has 4 rings (SSSR count). The van der Waals surface area contributed by atoms with E-state index in [9.17, 15) is 31.1 Å². The lowest BCUT2D eigenvalue weighted by molar-refractivity contribution is -0.275. The van der Waals surface area contributed by atoms with Crippen LogP contribution in [-0.4, -0.2) is 23.8 Å². The Bertz CT molecular complexity index is 1280. The summed E-state index contributed by atoms with van der Waals surface area (Å²) in [5.74, 6) is -0.882. The highest BCUT2D eigenvalue weighted by molar-refractivity contribution is 8.19. The van der Waals surface area contributed by atoms with Crippen LogP contribution in [0.5, 0.6) is 11.5 Å². The second kappa shape index (κ2) is 9.06. The smallest absolute Gasteiger partial charge is 0.457 e. The SMILES string of the molecule is N=C1SC(=Cc2ccc(-c3ccc(OC(F)(F)F)cc3)o2)C(=O)N1c1ccc(OC(F)(F)F)cc1. The molecule has 182 valence electrons. The summed E-state index contributed by atoms with van der Waals surface area (Å²) in [5.41, 5.74) is 0.636. The highest BCUT2D eigenvalue weighted by Crippen LogP contribution is 2.37. The molecular weight excluding hydrogens is 502 g/mol. The Kier molecular flexibility index (Phi) is 6.28. The molecule has 1 N–H and O–H groups in total. The van der Waals surface area contributed by atoms with E-state index in [0.717, 1.165) is 40.9 Å². The summed E-state index contributed by atoms with van der Waals surface area (Å²) in [4.78, 5) is 13.9. The van der Waals surface area contributed by atoms with Gasteiger partial charge in [0.25, 0.3) is 5.91 Å². The molecule has 1 saturated heterocycles. The van der Waals surface area contributed by atoms with Crippen molar-refractivity contribution in [3.8, 4) is 22.8 Å². The van der Waals surface area contributed by atoms with Crippen molar-refractivity contribution >= 4 is 34.6 Å². The van der Waals surface area contributed by atoms with E-state index in [1.807, 2.05) is 0 Å². The van der Waals surface area contributed by atoms with E-state index in [0.29, 0.717) is 11.3 Å². The Labute approximate surface area is 197 Å². The van der Waals surface area contributed by atoms with E-state index in [1.165, 1.54) is 36.4 Å². The topological polar surface area (TPSA) is 75.8 Å². The zero-order valence-corrected chi connectivity index (χ0v) is 17.9. The summed E-state index contributed by atoms with van der Waals surface area (Å²) in [6.45, 7) is 0. The highest BCUT2D eigenvalue weighted by atomic mass is 32.2. The monoisotopic (exact) mass is 514 g/mol. The number of carbonyl (C=O) groups excluding carboxylic acids is 1. The Morgan fingerprint density at radius 3 is 1.91 bits per heavy atom. The molecule has 3 aromatic rings. The Morgan fingerprint density at radius 2 is 1.37 bits per heavy atom. The van der Waals surface area contributed by atoms with Gasteiger partial charge in [0.1, 0.15) is 23.0 Å². The summed E-state index contributed by atoms with van der Waals surface area (Å²) < 4.78 is 87.1. The first-order chi connectivity index (χ1) is 16.4. The van der Waals surface area contributed by atoms with Crippen LogP contribution in [0.4, 0.5) is 32.0 Å². The average molecular weight is 514 g/mol. The summed E-state index contributed by atoms with van der Waals surface area (Å²) in [7, 11) is 0. The van der Waals surface area contributed by atoms with E-state index in [-0.39, 0.29) is 27.3 Å². The van der Waals surface area contributed by atoms with Gasteiger partial charge in [-0.05, 0) is 72.4 Å². The van der Waals surface area contributed by atoms with Gasteiger partial charge in [-0.25, -0.2) is 0 Å². The number of alkyl halides is 6. The molecule has 35 heavy (non-hydrogen) atoms. The lowest BCUT2D eigenvalue weighted by Gasteiger charge is -2.15. The minimum atomic E-state index is -4.86. The van der Waals surface area contributed by atoms with Crippen LogP contribution in [0.25, 0.3) is 17.4 Å². The number of amidine groups is 1. The lowest BCUT2D eigenvalue weighted by atomic mass is 10.2. The van der Waals surface area contributed by atoms with Gasteiger partial charge in [-0.3, -0.25) is 15.1 Å². The van der Waals surface area contributed by atoms with Crippen molar-refractivity contribution in [1.29, 1.82) is 5.41 Å². The normalized spacial score (nSPS) is 15.7. The molecule has 2 heterocycles. The van der Waals surface area contributed by atoms with Gasteiger partial charge in [0.15, 0.2) is 5.17 Å². The Morgan fingerprint density at radius 1 is 0.829 bits per heavy atom. The number of hydrogen-bond acceptors (Lipinski definition) is 6. The van der Waals surface area contributed by atoms with Crippen molar-refractivity contribution in [3.63, 3.8) is 0 Å². The van der Waals surface area contributed by atoms with Gasteiger partial charge in [0, 0.05) is 11.6 Å².